The Bertz CT molecular complexity index is 541. The molecule has 2 aromatic rings. The Kier molecular flexibility index (Phi) is 4.56. The smallest absolute Gasteiger partial charge is 0.240 e. The molecular weight excluding hydrogens is 262 g/mol. The second-order valence-electron chi connectivity index (χ2n) is 4.57. The van der Waals surface area contributed by atoms with E-state index in [0.29, 0.717) is 12.4 Å². The van der Waals surface area contributed by atoms with Crippen molar-refractivity contribution in [3.63, 3.8) is 0 Å². The van der Waals surface area contributed by atoms with Gasteiger partial charge in [-0.15, -0.1) is 0 Å². The molecule has 1 aromatic heterocycles. The van der Waals surface area contributed by atoms with Gasteiger partial charge in [0, 0.05) is 17.5 Å². The summed E-state index contributed by atoms with van der Waals surface area (Å²) in [5.74, 6) is 1.38. The molecule has 0 aliphatic heterocycles. The topological polar surface area (TPSA) is 42.2 Å². The standard InChI is InChI=1S/C14H18ClN3O/c1-4-13-16-14(19-17-13)9-18(3)10(2)11-7-5-6-8-12(11)15/h5-8,10H,4,9H2,1-3H3. The maximum Gasteiger partial charge on any atom is 0.240 e. The van der Waals surface area contributed by atoms with Crippen LogP contribution in [0, 0.1) is 0 Å². The number of halogens is 1. The van der Waals surface area contributed by atoms with Crippen LogP contribution in [0.1, 0.15) is 37.2 Å². The quantitative estimate of drug-likeness (QED) is 0.840. The highest BCUT2D eigenvalue weighted by Gasteiger charge is 2.17. The molecule has 0 aliphatic carbocycles. The minimum atomic E-state index is 0.186. The van der Waals surface area contributed by atoms with Crippen LogP contribution in [0.2, 0.25) is 5.02 Å². The Morgan fingerprint density at radius 3 is 2.74 bits per heavy atom. The molecule has 0 saturated heterocycles. The number of hydrogen-bond acceptors (Lipinski definition) is 4. The second-order valence-corrected chi connectivity index (χ2v) is 4.98. The van der Waals surface area contributed by atoms with Crippen molar-refractivity contribution < 1.29 is 4.52 Å². The molecule has 0 fully saturated rings. The molecule has 0 spiro atoms. The lowest BCUT2D eigenvalue weighted by molar-refractivity contribution is 0.216. The fourth-order valence-electron chi connectivity index (χ4n) is 1.90. The number of rotatable bonds is 5. The van der Waals surface area contributed by atoms with Gasteiger partial charge in [0.2, 0.25) is 5.89 Å². The molecule has 5 heteroatoms. The van der Waals surface area contributed by atoms with E-state index in [1.807, 2.05) is 38.2 Å². The fourth-order valence-corrected chi connectivity index (χ4v) is 2.19. The van der Waals surface area contributed by atoms with Gasteiger partial charge in [0.05, 0.1) is 6.54 Å². The fraction of sp³-hybridized carbons (Fsp3) is 0.429. The normalized spacial score (nSPS) is 12.9. The monoisotopic (exact) mass is 279 g/mol. The SMILES string of the molecule is CCc1noc(CN(C)C(C)c2ccccc2Cl)n1. The van der Waals surface area contributed by atoms with Crippen LogP contribution in [0.3, 0.4) is 0 Å². The highest BCUT2D eigenvalue weighted by atomic mass is 35.5. The zero-order chi connectivity index (χ0) is 13.8. The van der Waals surface area contributed by atoms with Gasteiger partial charge in [-0.1, -0.05) is 41.9 Å². The van der Waals surface area contributed by atoms with E-state index in [-0.39, 0.29) is 6.04 Å². The van der Waals surface area contributed by atoms with Crippen LogP contribution < -0.4 is 0 Å². The van der Waals surface area contributed by atoms with Crippen molar-refractivity contribution >= 4 is 11.6 Å². The van der Waals surface area contributed by atoms with Gasteiger partial charge in [-0.3, -0.25) is 4.90 Å². The third-order valence-electron chi connectivity index (χ3n) is 3.23. The van der Waals surface area contributed by atoms with Gasteiger partial charge >= 0.3 is 0 Å². The Balaban J connectivity index is 2.07. The number of nitrogens with zero attached hydrogens (tertiary/aromatic N) is 3. The molecule has 1 heterocycles. The molecular formula is C14H18ClN3O. The van der Waals surface area contributed by atoms with Gasteiger partial charge in [0.15, 0.2) is 5.82 Å². The molecule has 19 heavy (non-hydrogen) atoms. The third-order valence-corrected chi connectivity index (χ3v) is 3.57. The van der Waals surface area contributed by atoms with Crippen molar-refractivity contribution in [3.8, 4) is 0 Å². The van der Waals surface area contributed by atoms with Crippen LogP contribution >= 0.6 is 11.6 Å². The van der Waals surface area contributed by atoms with E-state index >= 15 is 0 Å². The van der Waals surface area contributed by atoms with Gasteiger partial charge < -0.3 is 4.52 Å². The van der Waals surface area contributed by atoms with Gasteiger partial charge in [0.25, 0.3) is 0 Å². The predicted molar refractivity (Wildman–Crippen MR) is 75.0 cm³/mol. The first-order chi connectivity index (χ1) is 9.11. The molecule has 4 nitrogen and oxygen atoms in total. The molecule has 102 valence electrons. The molecule has 1 unspecified atom stereocenters. The molecule has 1 aromatic carbocycles. The zero-order valence-corrected chi connectivity index (χ0v) is 12.2. The maximum atomic E-state index is 6.21. The Labute approximate surface area is 118 Å². The number of hydrogen-bond donors (Lipinski definition) is 0. The van der Waals surface area contributed by atoms with Gasteiger partial charge in [-0.05, 0) is 25.6 Å². The second kappa shape index (κ2) is 6.17. The molecule has 0 bridgehead atoms. The minimum absolute atomic E-state index is 0.186. The Hall–Kier alpha value is -1.39. The van der Waals surface area contributed by atoms with E-state index in [1.54, 1.807) is 0 Å². The summed E-state index contributed by atoms with van der Waals surface area (Å²) in [4.78, 5) is 6.45. The first kappa shape index (κ1) is 14.0. The van der Waals surface area contributed by atoms with Crippen molar-refractivity contribution in [3.05, 3.63) is 46.6 Å². The van der Waals surface area contributed by atoms with E-state index in [0.717, 1.165) is 22.8 Å². The lowest BCUT2D eigenvalue weighted by atomic mass is 10.1. The number of aromatic nitrogens is 2. The molecule has 0 radical (unpaired) electrons. The van der Waals surface area contributed by atoms with Crippen molar-refractivity contribution in [1.29, 1.82) is 0 Å². The van der Waals surface area contributed by atoms with E-state index in [1.165, 1.54) is 0 Å². The maximum absolute atomic E-state index is 6.21. The lowest BCUT2D eigenvalue weighted by Gasteiger charge is -2.24. The minimum Gasteiger partial charge on any atom is -0.338 e. The first-order valence-corrected chi connectivity index (χ1v) is 6.75. The molecule has 2 rings (SSSR count). The van der Waals surface area contributed by atoms with E-state index in [2.05, 4.69) is 22.0 Å². The highest BCUT2D eigenvalue weighted by molar-refractivity contribution is 6.31. The van der Waals surface area contributed by atoms with E-state index in [4.69, 9.17) is 16.1 Å². The summed E-state index contributed by atoms with van der Waals surface area (Å²) in [7, 11) is 2.02. The Morgan fingerprint density at radius 2 is 2.11 bits per heavy atom. The Morgan fingerprint density at radius 1 is 1.37 bits per heavy atom. The van der Waals surface area contributed by atoms with Crippen LogP contribution in [0.15, 0.2) is 28.8 Å². The summed E-state index contributed by atoms with van der Waals surface area (Å²) in [6.45, 7) is 4.72. The number of benzene rings is 1. The summed E-state index contributed by atoms with van der Waals surface area (Å²) in [5, 5.41) is 4.68. The van der Waals surface area contributed by atoms with Crippen molar-refractivity contribution in [2.24, 2.45) is 0 Å². The van der Waals surface area contributed by atoms with Crippen molar-refractivity contribution in [2.75, 3.05) is 7.05 Å². The molecule has 0 aliphatic rings. The molecule has 1 atom stereocenters. The molecule has 0 saturated carbocycles. The van der Waals surface area contributed by atoms with E-state index < -0.39 is 0 Å². The average Bonchev–Trinajstić information content (AvgIpc) is 2.86. The number of aryl methyl sites for hydroxylation is 1. The van der Waals surface area contributed by atoms with Crippen LogP contribution in [-0.4, -0.2) is 22.1 Å². The van der Waals surface area contributed by atoms with Crippen LogP contribution in [0.25, 0.3) is 0 Å². The molecule has 0 N–H and O–H groups in total. The van der Waals surface area contributed by atoms with Crippen LogP contribution in [0.4, 0.5) is 0 Å². The summed E-state index contributed by atoms with van der Waals surface area (Å²) < 4.78 is 5.21. The highest BCUT2D eigenvalue weighted by Crippen LogP contribution is 2.26. The zero-order valence-electron chi connectivity index (χ0n) is 11.4. The van der Waals surface area contributed by atoms with Crippen molar-refractivity contribution in [1.82, 2.24) is 15.0 Å². The summed E-state index contributed by atoms with van der Waals surface area (Å²) in [5.41, 5.74) is 1.10. The van der Waals surface area contributed by atoms with Gasteiger partial charge in [0.1, 0.15) is 0 Å². The average molecular weight is 280 g/mol. The lowest BCUT2D eigenvalue weighted by Crippen LogP contribution is -2.22. The third kappa shape index (κ3) is 3.33. The predicted octanol–water partition coefficient (Wildman–Crippen LogP) is 3.48. The van der Waals surface area contributed by atoms with E-state index in [9.17, 15) is 0 Å². The van der Waals surface area contributed by atoms with Gasteiger partial charge in [-0.2, -0.15) is 4.98 Å². The summed E-state index contributed by atoms with van der Waals surface area (Å²) >= 11 is 6.21. The molecule has 0 amide bonds. The first-order valence-electron chi connectivity index (χ1n) is 6.38. The summed E-state index contributed by atoms with van der Waals surface area (Å²) in [6.07, 6.45) is 0.785. The van der Waals surface area contributed by atoms with Crippen LogP contribution in [-0.2, 0) is 13.0 Å². The van der Waals surface area contributed by atoms with Crippen molar-refractivity contribution in [2.45, 2.75) is 32.9 Å². The largest absolute Gasteiger partial charge is 0.338 e. The van der Waals surface area contributed by atoms with Crippen LogP contribution in [0.5, 0.6) is 0 Å². The van der Waals surface area contributed by atoms with Gasteiger partial charge in [-0.25, -0.2) is 0 Å². The summed E-state index contributed by atoms with van der Waals surface area (Å²) in [6, 6.07) is 8.06.